The van der Waals surface area contributed by atoms with Crippen LogP contribution in [0.2, 0.25) is 0 Å². The molecule has 0 atom stereocenters. The van der Waals surface area contributed by atoms with Gasteiger partial charge in [0.2, 0.25) is 0 Å². The van der Waals surface area contributed by atoms with Gasteiger partial charge in [0.15, 0.2) is 0 Å². The van der Waals surface area contributed by atoms with E-state index < -0.39 is 5.97 Å². The molecule has 0 aliphatic carbocycles. The number of rotatable bonds is 1. The average molecular weight is 241 g/mol. The Kier molecular flexibility index (Phi) is 2.48. The molecule has 2 aliphatic rings. The summed E-state index contributed by atoms with van der Waals surface area (Å²) in [6.07, 6.45) is 4.17. The van der Waals surface area contributed by atoms with Crippen molar-refractivity contribution in [2.24, 2.45) is 5.16 Å². The summed E-state index contributed by atoms with van der Waals surface area (Å²) in [5.74, 6) is 0.450. The fourth-order valence-electron chi connectivity index (χ4n) is 1.96. The van der Waals surface area contributed by atoms with Crippen molar-refractivity contribution < 1.29 is 14.4 Å². The molecule has 2 heterocycles. The summed E-state index contributed by atoms with van der Waals surface area (Å²) < 4.78 is 5.52. The van der Waals surface area contributed by atoms with Gasteiger partial charge in [-0.3, -0.25) is 0 Å². The van der Waals surface area contributed by atoms with Crippen LogP contribution in [0.5, 0.6) is 5.75 Å². The molecular weight excluding hydrogens is 230 g/mol. The van der Waals surface area contributed by atoms with E-state index in [1.165, 1.54) is 0 Å². The van der Waals surface area contributed by atoms with Crippen molar-refractivity contribution in [1.29, 1.82) is 0 Å². The van der Waals surface area contributed by atoms with E-state index in [0.29, 0.717) is 11.3 Å². The Bertz CT molecular complexity index is 611. The first kappa shape index (κ1) is 10.8. The molecule has 0 N–H and O–H groups in total. The predicted octanol–water partition coefficient (Wildman–Crippen LogP) is 2.36. The number of carbonyl (C=O) groups excluding carboxylic acids is 1. The maximum Gasteiger partial charge on any atom is 0.367 e. The third-order valence-electron chi connectivity index (χ3n) is 2.91. The lowest BCUT2D eigenvalue weighted by Gasteiger charge is -2.15. The van der Waals surface area contributed by atoms with Gasteiger partial charge in [-0.1, -0.05) is 23.4 Å². The lowest BCUT2D eigenvalue weighted by atomic mass is 10.00. The molecule has 0 radical (unpaired) electrons. The fraction of sp³-hybridized carbons (Fsp3) is 0.143. The topological polar surface area (TPSA) is 47.9 Å². The molecule has 3 rings (SSSR count). The van der Waals surface area contributed by atoms with Gasteiger partial charge < -0.3 is 9.57 Å². The van der Waals surface area contributed by atoms with E-state index in [1.807, 2.05) is 24.3 Å². The van der Waals surface area contributed by atoms with Crippen LogP contribution in [-0.4, -0.2) is 11.7 Å². The lowest BCUT2D eigenvalue weighted by molar-refractivity contribution is -0.136. The minimum atomic E-state index is -0.410. The SMILES string of the molecule is CC1=NOC(=O)/C1=C/C1=COc2ccccc2C1. The Morgan fingerprint density at radius 3 is 2.94 bits per heavy atom. The second-order valence-corrected chi connectivity index (χ2v) is 4.21. The van der Waals surface area contributed by atoms with Gasteiger partial charge in [0, 0.05) is 6.42 Å². The van der Waals surface area contributed by atoms with Crippen LogP contribution in [0, 0.1) is 0 Å². The van der Waals surface area contributed by atoms with Crippen LogP contribution >= 0.6 is 0 Å². The highest BCUT2D eigenvalue weighted by molar-refractivity contribution is 6.21. The van der Waals surface area contributed by atoms with Gasteiger partial charge in [-0.25, -0.2) is 4.79 Å². The first-order valence-corrected chi connectivity index (χ1v) is 5.65. The monoisotopic (exact) mass is 241 g/mol. The summed E-state index contributed by atoms with van der Waals surface area (Å²) in [5.41, 5.74) is 3.12. The summed E-state index contributed by atoms with van der Waals surface area (Å²) in [4.78, 5) is 16.0. The van der Waals surface area contributed by atoms with Crippen molar-refractivity contribution in [2.45, 2.75) is 13.3 Å². The highest BCUT2D eigenvalue weighted by Crippen LogP contribution is 2.27. The van der Waals surface area contributed by atoms with Gasteiger partial charge in [-0.15, -0.1) is 0 Å². The van der Waals surface area contributed by atoms with Crippen molar-refractivity contribution in [3.05, 3.63) is 53.3 Å². The number of allylic oxidation sites excluding steroid dienone is 2. The maximum atomic E-state index is 11.4. The molecule has 0 amide bonds. The van der Waals surface area contributed by atoms with Gasteiger partial charge >= 0.3 is 5.97 Å². The Morgan fingerprint density at radius 1 is 1.33 bits per heavy atom. The molecule has 0 spiro atoms. The zero-order valence-electron chi connectivity index (χ0n) is 9.84. The van der Waals surface area contributed by atoms with E-state index in [0.717, 1.165) is 23.3 Å². The zero-order valence-corrected chi connectivity index (χ0v) is 9.84. The minimum absolute atomic E-state index is 0.410. The van der Waals surface area contributed by atoms with Crippen LogP contribution < -0.4 is 4.74 Å². The van der Waals surface area contributed by atoms with Gasteiger partial charge in [0.1, 0.15) is 5.75 Å². The molecule has 90 valence electrons. The number of oxime groups is 1. The second-order valence-electron chi connectivity index (χ2n) is 4.21. The number of para-hydroxylation sites is 1. The zero-order chi connectivity index (χ0) is 12.5. The highest BCUT2D eigenvalue weighted by atomic mass is 16.7. The number of nitrogens with zero attached hydrogens (tertiary/aromatic N) is 1. The summed E-state index contributed by atoms with van der Waals surface area (Å²) in [5, 5.41) is 3.64. The number of benzene rings is 1. The molecule has 0 bridgehead atoms. The van der Waals surface area contributed by atoms with E-state index in [9.17, 15) is 4.79 Å². The molecule has 0 fully saturated rings. The summed E-state index contributed by atoms with van der Waals surface area (Å²) >= 11 is 0. The molecule has 18 heavy (non-hydrogen) atoms. The van der Waals surface area contributed by atoms with Crippen molar-refractivity contribution in [3.63, 3.8) is 0 Å². The number of ether oxygens (including phenoxy) is 1. The Labute approximate surface area is 104 Å². The largest absolute Gasteiger partial charge is 0.464 e. The van der Waals surface area contributed by atoms with Crippen LogP contribution in [0.3, 0.4) is 0 Å². The number of fused-ring (bicyclic) bond motifs is 1. The molecule has 0 saturated carbocycles. The maximum absolute atomic E-state index is 11.4. The van der Waals surface area contributed by atoms with Crippen molar-refractivity contribution in [1.82, 2.24) is 0 Å². The summed E-state index contributed by atoms with van der Waals surface area (Å²) in [6, 6.07) is 7.83. The standard InChI is InChI=1S/C14H11NO3/c1-9-12(14(16)18-15-9)7-10-6-11-4-2-3-5-13(11)17-8-10/h2-5,7-8H,6H2,1H3/b12-7+. The molecule has 0 aromatic heterocycles. The summed E-state index contributed by atoms with van der Waals surface area (Å²) in [7, 11) is 0. The smallest absolute Gasteiger partial charge is 0.367 e. The van der Waals surface area contributed by atoms with E-state index in [1.54, 1.807) is 19.3 Å². The molecule has 1 aromatic carbocycles. The molecule has 4 nitrogen and oxygen atoms in total. The fourth-order valence-corrected chi connectivity index (χ4v) is 1.96. The van der Waals surface area contributed by atoms with Gasteiger partial charge in [0.25, 0.3) is 0 Å². The Hall–Kier alpha value is -2.36. The van der Waals surface area contributed by atoms with Crippen molar-refractivity contribution >= 4 is 11.7 Å². The minimum Gasteiger partial charge on any atom is -0.464 e. The van der Waals surface area contributed by atoms with Crippen LogP contribution in [0.1, 0.15) is 12.5 Å². The molecular formula is C14H11NO3. The molecule has 1 aromatic rings. The van der Waals surface area contributed by atoms with Crippen LogP contribution in [0.4, 0.5) is 0 Å². The van der Waals surface area contributed by atoms with Crippen LogP contribution in [0.25, 0.3) is 0 Å². The number of hydrogen-bond donors (Lipinski definition) is 0. The Morgan fingerprint density at radius 2 is 2.17 bits per heavy atom. The van der Waals surface area contributed by atoms with Gasteiger partial charge in [-0.05, 0) is 30.2 Å². The third-order valence-corrected chi connectivity index (χ3v) is 2.91. The van der Waals surface area contributed by atoms with Gasteiger partial charge in [0.05, 0.1) is 17.5 Å². The normalized spacial score (nSPS) is 19.8. The quantitative estimate of drug-likeness (QED) is 0.560. The van der Waals surface area contributed by atoms with Gasteiger partial charge in [-0.2, -0.15) is 0 Å². The van der Waals surface area contributed by atoms with Crippen molar-refractivity contribution in [2.75, 3.05) is 0 Å². The Balaban J connectivity index is 1.89. The molecule has 0 unspecified atom stereocenters. The first-order valence-electron chi connectivity index (χ1n) is 5.65. The predicted molar refractivity (Wildman–Crippen MR) is 66.1 cm³/mol. The van der Waals surface area contributed by atoms with E-state index in [4.69, 9.17) is 4.74 Å². The van der Waals surface area contributed by atoms with E-state index in [-0.39, 0.29) is 0 Å². The highest BCUT2D eigenvalue weighted by Gasteiger charge is 2.23. The molecule has 2 aliphatic heterocycles. The number of hydrogen-bond acceptors (Lipinski definition) is 4. The van der Waals surface area contributed by atoms with E-state index in [2.05, 4.69) is 9.99 Å². The first-order chi connectivity index (χ1) is 8.74. The van der Waals surface area contributed by atoms with Crippen molar-refractivity contribution in [3.8, 4) is 5.75 Å². The average Bonchev–Trinajstić information content (AvgIpc) is 2.70. The van der Waals surface area contributed by atoms with Crippen LogP contribution in [-0.2, 0) is 16.1 Å². The third kappa shape index (κ3) is 1.82. The second kappa shape index (κ2) is 4.14. The van der Waals surface area contributed by atoms with E-state index >= 15 is 0 Å². The lowest BCUT2D eigenvalue weighted by Crippen LogP contribution is -2.06. The molecule has 4 heteroatoms. The summed E-state index contributed by atoms with van der Waals surface area (Å²) in [6.45, 7) is 1.74. The number of carbonyl (C=O) groups is 1. The van der Waals surface area contributed by atoms with Crippen LogP contribution in [0.15, 0.2) is 52.9 Å². The molecule has 0 saturated heterocycles.